The van der Waals surface area contributed by atoms with Crippen LogP contribution < -0.4 is 4.74 Å². The first kappa shape index (κ1) is 17.7. The number of methoxy groups -OCH3 is 1. The number of aliphatic carboxylic acids is 1. The fourth-order valence-electron chi connectivity index (χ4n) is 3.29. The molecule has 1 heterocycles. The number of carboxylic acids is 1. The molecule has 8 heteroatoms. The van der Waals surface area contributed by atoms with Gasteiger partial charge in [-0.25, -0.2) is 8.42 Å². The third kappa shape index (κ3) is 3.95. The molecule has 3 rings (SSSR count). The van der Waals surface area contributed by atoms with E-state index in [0.717, 1.165) is 5.56 Å². The highest BCUT2D eigenvalue weighted by atomic mass is 32.2. The molecule has 1 saturated carbocycles. The Balaban J connectivity index is 1.79. The lowest BCUT2D eigenvalue weighted by molar-refractivity contribution is -0.142. The number of benzene rings is 1. The molecule has 1 aromatic rings. The van der Waals surface area contributed by atoms with Gasteiger partial charge in [0.2, 0.25) is 5.91 Å². The van der Waals surface area contributed by atoms with Crippen molar-refractivity contribution in [3.63, 3.8) is 0 Å². The molecule has 0 spiro atoms. The Kier molecular flexibility index (Phi) is 4.73. The fourth-order valence-corrected chi connectivity index (χ4v) is 5.02. The van der Waals surface area contributed by atoms with Crippen molar-refractivity contribution in [2.75, 3.05) is 18.6 Å². The van der Waals surface area contributed by atoms with Crippen LogP contribution in [-0.4, -0.2) is 55.0 Å². The lowest BCUT2D eigenvalue weighted by Crippen LogP contribution is -2.42. The van der Waals surface area contributed by atoms with Gasteiger partial charge >= 0.3 is 5.97 Å². The number of carbonyl (C=O) groups is 2. The Morgan fingerprint density at radius 2 is 1.92 bits per heavy atom. The summed E-state index contributed by atoms with van der Waals surface area (Å²) in [6, 6.07) is 6.81. The van der Waals surface area contributed by atoms with E-state index in [1.807, 2.05) is 12.1 Å². The van der Waals surface area contributed by atoms with E-state index in [1.54, 1.807) is 24.1 Å². The molecule has 7 nitrogen and oxygen atoms in total. The first-order chi connectivity index (χ1) is 11.8. The van der Waals surface area contributed by atoms with Gasteiger partial charge in [0.1, 0.15) is 5.75 Å². The van der Waals surface area contributed by atoms with Crippen molar-refractivity contribution in [2.45, 2.75) is 25.4 Å². The monoisotopic (exact) mass is 367 g/mol. The number of carboxylic acid groups (broad SMARTS) is 1. The molecule has 1 saturated heterocycles. The Hall–Kier alpha value is -2.09. The molecule has 2 aliphatic rings. The van der Waals surface area contributed by atoms with Gasteiger partial charge in [-0.1, -0.05) is 12.1 Å². The second-order valence-corrected chi connectivity index (χ2v) is 8.89. The van der Waals surface area contributed by atoms with E-state index in [2.05, 4.69) is 0 Å². The highest BCUT2D eigenvalue weighted by Gasteiger charge is 2.51. The largest absolute Gasteiger partial charge is 0.497 e. The van der Waals surface area contributed by atoms with Crippen LogP contribution in [0, 0.1) is 11.8 Å². The van der Waals surface area contributed by atoms with Crippen LogP contribution in [0.15, 0.2) is 24.3 Å². The van der Waals surface area contributed by atoms with Crippen LogP contribution in [-0.2, 0) is 26.0 Å². The molecular formula is C17H21NO6S. The van der Waals surface area contributed by atoms with Gasteiger partial charge in [-0.2, -0.15) is 0 Å². The average Bonchev–Trinajstić information content (AvgIpc) is 3.30. The quantitative estimate of drug-likeness (QED) is 0.803. The molecule has 0 unspecified atom stereocenters. The zero-order valence-corrected chi connectivity index (χ0v) is 14.7. The highest BCUT2D eigenvalue weighted by molar-refractivity contribution is 7.91. The molecular weight excluding hydrogens is 346 g/mol. The molecule has 2 fully saturated rings. The molecule has 0 radical (unpaired) electrons. The molecule has 0 bridgehead atoms. The zero-order chi connectivity index (χ0) is 18.2. The Morgan fingerprint density at radius 1 is 1.24 bits per heavy atom. The number of hydrogen-bond donors (Lipinski definition) is 1. The molecule has 1 aromatic carbocycles. The lowest BCUT2D eigenvalue weighted by atomic mass is 10.1. The van der Waals surface area contributed by atoms with Crippen LogP contribution in [0.1, 0.15) is 18.4 Å². The zero-order valence-electron chi connectivity index (χ0n) is 13.9. The summed E-state index contributed by atoms with van der Waals surface area (Å²) in [5.74, 6) is -1.72. The maximum absolute atomic E-state index is 12.8. The second-order valence-electron chi connectivity index (χ2n) is 6.66. The number of nitrogens with zero attached hydrogens (tertiary/aromatic N) is 1. The van der Waals surface area contributed by atoms with E-state index in [4.69, 9.17) is 9.84 Å². The van der Waals surface area contributed by atoms with Crippen LogP contribution in [0.25, 0.3) is 0 Å². The van der Waals surface area contributed by atoms with Crippen LogP contribution in [0.5, 0.6) is 5.75 Å². The second kappa shape index (κ2) is 6.67. The number of amides is 1. The Morgan fingerprint density at radius 3 is 2.40 bits per heavy atom. The van der Waals surface area contributed by atoms with Gasteiger partial charge in [-0.15, -0.1) is 0 Å². The molecule has 0 aromatic heterocycles. The maximum atomic E-state index is 12.8. The molecule has 136 valence electrons. The van der Waals surface area contributed by atoms with E-state index in [0.29, 0.717) is 18.6 Å². The van der Waals surface area contributed by atoms with E-state index in [9.17, 15) is 18.0 Å². The molecule has 25 heavy (non-hydrogen) atoms. The van der Waals surface area contributed by atoms with Crippen molar-refractivity contribution in [1.82, 2.24) is 4.90 Å². The number of hydrogen-bond acceptors (Lipinski definition) is 5. The third-order valence-electron chi connectivity index (χ3n) is 4.87. The van der Waals surface area contributed by atoms with Gasteiger partial charge < -0.3 is 14.7 Å². The van der Waals surface area contributed by atoms with Gasteiger partial charge in [0.15, 0.2) is 9.84 Å². The summed E-state index contributed by atoms with van der Waals surface area (Å²) in [7, 11) is -1.58. The number of ether oxygens (including phenoxy) is 1. The normalized spacial score (nSPS) is 26.8. The standard InChI is InChI=1S/C17H21NO6S/c1-24-13-4-2-11(3-5-13)9-18(12-6-7-25(22,23)10-12)16(19)14-8-15(14)17(20)21/h2-5,12,14-15H,6-10H2,1H3,(H,20,21)/t12-,14+,15-/m0/s1. The van der Waals surface area contributed by atoms with Gasteiger partial charge in [0, 0.05) is 12.6 Å². The Labute approximate surface area is 146 Å². The van der Waals surface area contributed by atoms with Crippen LogP contribution in [0.3, 0.4) is 0 Å². The average molecular weight is 367 g/mol. The van der Waals surface area contributed by atoms with E-state index < -0.39 is 33.7 Å². The SMILES string of the molecule is COc1ccc(CN(C(=O)[C@@H]2C[C@@H]2C(=O)O)[C@H]2CCS(=O)(=O)C2)cc1. The first-order valence-electron chi connectivity index (χ1n) is 8.17. The molecule has 3 atom stereocenters. The topological polar surface area (TPSA) is 101 Å². The summed E-state index contributed by atoms with van der Waals surface area (Å²) in [4.78, 5) is 25.4. The summed E-state index contributed by atoms with van der Waals surface area (Å²) in [5, 5.41) is 9.07. The van der Waals surface area contributed by atoms with E-state index in [-0.39, 0.29) is 24.0 Å². The summed E-state index contributed by atoms with van der Waals surface area (Å²) in [6.45, 7) is 0.270. The number of sulfone groups is 1. The van der Waals surface area contributed by atoms with Crippen molar-refractivity contribution >= 4 is 21.7 Å². The van der Waals surface area contributed by atoms with Gasteiger partial charge in [-0.3, -0.25) is 9.59 Å². The summed E-state index contributed by atoms with van der Waals surface area (Å²) < 4.78 is 28.7. The fraction of sp³-hybridized carbons (Fsp3) is 0.529. The summed E-state index contributed by atoms with van der Waals surface area (Å²) in [6.07, 6.45) is 0.724. The summed E-state index contributed by atoms with van der Waals surface area (Å²) in [5.41, 5.74) is 0.853. The third-order valence-corrected chi connectivity index (χ3v) is 6.62. The predicted octanol–water partition coefficient (Wildman–Crippen LogP) is 0.932. The predicted molar refractivity (Wildman–Crippen MR) is 89.8 cm³/mol. The van der Waals surface area contributed by atoms with Crippen LogP contribution in [0.4, 0.5) is 0 Å². The van der Waals surface area contributed by atoms with Crippen LogP contribution >= 0.6 is 0 Å². The highest BCUT2D eigenvalue weighted by Crippen LogP contribution is 2.41. The van der Waals surface area contributed by atoms with Crippen molar-refractivity contribution in [2.24, 2.45) is 11.8 Å². The minimum atomic E-state index is -3.14. The lowest BCUT2D eigenvalue weighted by Gasteiger charge is -2.29. The summed E-state index contributed by atoms with van der Waals surface area (Å²) >= 11 is 0. The van der Waals surface area contributed by atoms with Crippen molar-refractivity contribution in [3.8, 4) is 5.75 Å². The Bertz CT molecular complexity index is 773. The van der Waals surface area contributed by atoms with Gasteiger partial charge in [0.25, 0.3) is 0 Å². The first-order valence-corrected chi connectivity index (χ1v) is 9.99. The molecule has 1 aliphatic heterocycles. The van der Waals surface area contributed by atoms with Crippen LogP contribution in [0.2, 0.25) is 0 Å². The van der Waals surface area contributed by atoms with E-state index in [1.165, 1.54) is 0 Å². The maximum Gasteiger partial charge on any atom is 0.307 e. The molecule has 1 amide bonds. The van der Waals surface area contributed by atoms with Crippen molar-refractivity contribution in [3.05, 3.63) is 29.8 Å². The van der Waals surface area contributed by atoms with Gasteiger partial charge in [0.05, 0.1) is 30.5 Å². The van der Waals surface area contributed by atoms with Crippen molar-refractivity contribution < 1.29 is 27.9 Å². The van der Waals surface area contributed by atoms with Crippen molar-refractivity contribution in [1.29, 1.82) is 0 Å². The molecule has 1 aliphatic carbocycles. The molecule has 1 N–H and O–H groups in total. The van der Waals surface area contributed by atoms with Gasteiger partial charge in [-0.05, 0) is 30.5 Å². The van der Waals surface area contributed by atoms with E-state index >= 15 is 0 Å². The number of rotatable bonds is 6. The number of carbonyl (C=O) groups excluding carboxylic acids is 1. The smallest absolute Gasteiger partial charge is 0.307 e. The minimum absolute atomic E-state index is 0.0562. The minimum Gasteiger partial charge on any atom is -0.497 e.